The number of ketones is 1. The second kappa shape index (κ2) is 7.14. The molecule has 0 aromatic rings. The summed E-state index contributed by atoms with van der Waals surface area (Å²) in [4.78, 5) is 22.6. The number of allylic oxidation sites excluding steroid dienone is 1. The first-order valence-corrected chi connectivity index (χ1v) is 7.30. The average Bonchev–Trinajstić information content (AvgIpc) is 2.39. The molecule has 0 aromatic heterocycles. The van der Waals surface area contributed by atoms with Crippen LogP contribution in [0.1, 0.15) is 46.0 Å². The van der Waals surface area contributed by atoms with Crippen molar-refractivity contribution in [3.8, 4) is 0 Å². The summed E-state index contributed by atoms with van der Waals surface area (Å²) in [6.07, 6.45) is -3.57. The maximum atomic E-state index is 12.7. The minimum atomic E-state index is -4.57. The first kappa shape index (κ1) is 19.2. The van der Waals surface area contributed by atoms with Crippen LogP contribution in [-0.4, -0.2) is 35.3 Å². The maximum Gasteiger partial charge on any atom is 0.394 e. The number of carboxylic acid groups (broad SMARTS) is 1. The van der Waals surface area contributed by atoms with Crippen molar-refractivity contribution in [3.05, 3.63) is 11.3 Å². The van der Waals surface area contributed by atoms with E-state index >= 15 is 0 Å². The Balaban J connectivity index is 2.90. The summed E-state index contributed by atoms with van der Waals surface area (Å²) in [6.45, 7) is 3.33. The molecule has 0 saturated heterocycles. The fourth-order valence-corrected chi connectivity index (χ4v) is 2.70. The summed E-state index contributed by atoms with van der Waals surface area (Å²) in [7, 11) is 0. The molecule has 3 N–H and O–H groups in total. The second-order valence-electron chi connectivity index (χ2n) is 6.17. The van der Waals surface area contributed by atoms with E-state index in [-0.39, 0.29) is 11.8 Å². The third-order valence-corrected chi connectivity index (χ3v) is 4.39. The third-order valence-electron chi connectivity index (χ3n) is 4.39. The Morgan fingerprint density at radius 3 is 2.22 bits per heavy atom. The van der Waals surface area contributed by atoms with E-state index < -0.39 is 35.3 Å². The molecular formula is C15H21F3N2O3. The normalized spacial score (nSPS) is 26.2. The lowest BCUT2D eigenvalue weighted by Crippen LogP contribution is -2.40. The predicted molar refractivity (Wildman–Crippen MR) is 78.3 cm³/mol. The molecule has 23 heavy (non-hydrogen) atoms. The summed E-state index contributed by atoms with van der Waals surface area (Å²) in [6, 6.07) is -0.339. The van der Waals surface area contributed by atoms with Gasteiger partial charge in [0.2, 0.25) is 0 Å². The minimum absolute atomic E-state index is 0.0488. The Hall–Kier alpha value is -1.86. The van der Waals surface area contributed by atoms with Gasteiger partial charge < -0.3 is 15.8 Å². The standard InChI is InChI=1S/C15H21F3N2O3/c1-9(21)14(2)5-3-10(4-6-14)20-12(7-15(16,17)18)11(8-19)13(22)23/h8,10,19-20H,3-7H2,1-2H3,(H,22,23)/b12-11+,19-8?/t10-,14-. The average molecular weight is 334 g/mol. The number of halogens is 3. The van der Waals surface area contributed by atoms with E-state index in [2.05, 4.69) is 5.32 Å². The van der Waals surface area contributed by atoms with Crippen LogP contribution in [0.4, 0.5) is 13.2 Å². The van der Waals surface area contributed by atoms with Crippen LogP contribution in [0, 0.1) is 10.8 Å². The Bertz CT molecular complexity index is 519. The highest BCUT2D eigenvalue weighted by Gasteiger charge is 2.37. The molecule has 8 heteroatoms. The van der Waals surface area contributed by atoms with Crippen LogP contribution in [-0.2, 0) is 9.59 Å². The van der Waals surface area contributed by atoms with Gasteiger partial charge in [0.15, 0.2) is 0 Å². The fourth-order valence-electron chi connectivity index (χ4n) is 2.70. The molecular weight excluding hydrogens is 313 g/mol. The van der Waals surface area contributed by atoms with Gasteiger partial charge in [-0.25, -0.2) is 4.79 Å². The number of carbonyl (C=O) groups is 2. The molecule has 0 spiro atoms. The molecule has 0 aromatic carbocycles. The largest absolute Gasteiger partial charge is 0.478 e. The first-order chi connectivity index (χ1) is 10.5. The SMILES string of the molecule is CC(=O)[C@]1(C)CC[C@@H](N/C(CC(F)(F)F)=C(\C=N)C(=O)O)CC1. The number of hydrogen-bond acceptors (Lipinski definition) is 4. The van der Waals surface area contributed by atoms with Gasteiger partial charge >= 0.3 is 12.1 Å². The quantitative estimate of drug-likeness (QED) is 0.514. The number of rotatable bonds is 6. The third kappa shape index (κ3) is 5.37. The topological polar surface area (TPSA) is 90.3 Å². The van der Waals surface area contributed by atoms with Gasteiger partial charge in [-0.3, -0.25) is 4.79 Å². The number of nitrogens with one attached hydrogen (secondary N) is 2. The van der Waals surface area contributed by atoms with E-state index in [0.29, 0.717) is 31.9 Å². The Morgan fingerprint density at radius 2 is 1.87 bits per heavy atom. The summed E-state index contributed by atoms with van der Waals surface area (Å²) in [5, 5.41) is 18.7. The van der Waals surface area contributed by atoms with Crippen LogP contribution in [0.2, 0.25) is 0 Å². The molecule has 130 valence electrons. The number of carboxylic acids is 1. The fraction of sp³-hybridized carbons (Fsp3) is 0.667. The highest BCUT2D eigenvalue weighted by atomic mass is 19.4. The van der Waals surface area contributed by atoms with Crippen molar-refractivity contribution in [3.63, 3.8) is 0 Å². The maximum absolute atomic E-state index is 12.7. The Morgan fingerprint density at radius 1 is 1.35 bits per heavy atom. The van der Waals surface area contributed by atoms with Gasteiger partial charge in [-0.1, -0.05) is 6.92 Å². The van der Waals surface area contributed by atoms with Crippen molar-refractivity contribution in [2.24, 2.45) is 5.41 Å². The van der Waals surface area contributed by atoms with Crippen molar-refractivity contribution < 1.29 is 27.9 Å². The number of carbonyl (C=O) groups excluding carboxylic acids is 1. The zero-order valence-electron chi connectivity index (χ0n) is 13.1. The van der Waals surface area contributed by atoms with Crippen molar-refractivity contribution in [1.82, 2.24) is 5.32 Å². The van der Waals surface area contributed by atoms with E-state index in [1.165, 1.54) is 6.92 Å². The van der Waals surface area contributed by atoms with E-state index in [1.54, 1.807) is 0 Å². The summed E-state index contributed by atoms with van der Waals surface area (Å²) in [5.41, 5.74) is -1.66. The van der Waals surface area contributed by atoms with Gasteiger partial charge in [-0.05, 0) is 32.6 Å². The van der Waals surface area contributed by atoms with Gasteiger partial charge in [-0.2, -0.15) is 13.2 Å². The van der Waals surface area contributed by atoms with Crippen molar-refractivity contribution >= 4 is 18.0 Å². The lowest BCUT2D eigenvalue weighted by Gasteiger charge is -2.36. The summed E-state index contributed by atoms with van der Waals surface area (Å²) in [5.74, 6) is -1.52. The molecule has 1 aliphatic carbocycles. The highest BCUT2D eigenvalue weighted by molar-refractivity contribution is 6.08. The van der Waals surface area contributed by atoms with Gasteiger partial charge in [0.05, 0.1) is 12.0 Å². The lowest BCUT2D eigenvalue weighted by molar-refractivity contribution is -0.133. The second-order valence-corrected chi connectivity index (χ2v) is 6.17. The Kier molecular flexibility index (Phi) is 5.96. The zero-order chi connectivity index (χ0) is 17.8. The number of aliphatic carboxylic acids is 1. The van der Waals surface area contributed by atoms with E-state index in [9.17, 15) is 22.8 Å². The van der Waals surface area contributed by atoms with E-state index in [0.717, 1.165) is 0 Å². The van der Waals surface area contributed by atoms with Crippen LogP contribution in [0.3, 0.4) is 0 Å². The number of hydrogen-bond donors (Lipinski definition) is 3. The highest BCUT2D eigenvalue weighted by Crippen LogP contribution is 2.37. The van der Waals surface area contributed by atoms with E-state index in [4.69, 9.17) is 10.5 Å². The molecule has 1 saturated carbocycles. The smallest absolute Gasteiger partial charge is 0.394 e. The van der Waals surface area contributed by atoms with Gasteiger partial charge in [0.1, 0.15) is 5.78 Å². The van der Waals surface area contributed by atoms with Gasteiger partial charge in [-0.15, -0.1) is 0 Å². The van der Waals surface area contributed by atoms with Crippen LogP contribution < -0.4 is 5.32 Å². The zero-order valence-corrected chi connectivity index (χ0v) is 13.1. The summed E-state index contributed by atoms with van der Waals surface area (Å²) < 4.78 is 38.0. The molecule has 0 bridgehead atoms. The predicted octanol–water partition coefficient (Wildman–Crippen LogP) is 3.05. The van der Waals surface area contributed by atoms with Gasteiger partial charge in [0.25, 0.3) is 0 Å². The molecule has 0 heterocycles. The molecule has 1 aliphatic rings. The van der Waals surface area contributed by atoms with Crippen molar-refractivity contribution in [2.45, 2.75) is 58.2 Å². The van der Waals surface area contributed by atoms with Crippen LogP contribution in [0.5, 0.6) is 0 Å². The molecule has 1 rings (SSSR count). The number of Topliss-reactive ketones (excluding diaryl/α,β-unsaturated/α-hetero) is 1. The van der Waals surface area contributed by atoms with Gasteiger partial charge in [0, 0.05) is 23.4 Å². The molecule has 1 fully saturated rings. The molecule has 5 nitrogen and oxygen atoms in total. The van der Waals surface area contributed by atoms with E-state index in [1.807, 2.05) is 6.92 Å². The summed E-state index contributed by atoms with van der Waals surface area (Å²) >= 11 is 0. The first-order valence-electron chi connectivity index (χ1n) is 7.30. The van der Waals surface area contributed by atoms with Crippen molar-refractivity contribution in [2.75, 3.05) is 0 Å². The molecule has 0 radical (unpaired) electrons. The van der Waals surface area contributed by atoms with Crippen LogP contribution in [0.15, 0.2) is 11.3 Å². The molecule has 0 amide bonds. The van der Waals surface area contributed by atoms with Crippen LogP contribution >= 0.6 is 0 Å². The Labute approximate surface area is 132 Å². The van der Waals surface area contributed by atoms with Crippen molar-refractivity contribution in [1.29, 1.82) is 5.41 Å². The monoisotopic (exact) mass is 334 g/mol. The number of alkyl halides is 3. The minimum Gasteiger partial charge on any atom is -0.478 e. The molecule has 0 aliphatic heterocycles. The molecule has 0 atom stereocenters. The lowest BCUT2D eigenvalue weighted by atomic mass is 9.71. The van der Waals surface area contributed by atoms with Crippen LogP contribution in [0.25, 0.3) is 0 Å². The molecule has 0 unspecified atom stereocenters.